The lowest BCUT2D eigenvalue weighted by atomic mass is 10.1. The van der Waals surface area contributed by atoms with Crippen LogP contribution in [0.4, 0.5) is 5.69 Å². The lowest BCUT2D eigenvalue weighted by Crippen LogP contribution is -2.37. The van der Waals surface area contributed by atoms with E-state index in [9.17, 15) is 4.79 Å². The Labute approximate surface area is 189 Å². The van der Waals surface area contributed by atoms with Gasteiger partial charge in [-0.05, 0) is 29.7 Å². The summed E-state index contributed by atoms with van der Waals surface area (Å²) in [6, 6.07) is 11.5. The highest BCUT2D eigenvalue weighted by Crippen LogP contribution is 2.37. The quantitative estimate of drug-likeness (QED) is 0.597. The highest BCUT2D eigenvalue weighted by atomic mass is 35.5. The Morgan fingerprint density at radius 1 is 1.23 bits per heavy atom. The lowest BCUT2D eigenvalue weighted by molar-refractivity contribution is 0.0784. The van der Waals surface area contributed by atoms with Crippen molar-refractivity contribution in [1.29, 1.82) is 0 Å². The van der Waals surface area contributed by atoms with Crippen molar-refractivity contribution in [2.24, 2.45) is 5.92 Å². The predicted octanol–water partition coefficient (Wildman–Crippen LogP) is 4.49. The van der Waals surface area contributed by atoms with Gasteiger partial charge >= 0.3 is 0 Å². The number of nitrogens with zero attached hydrogens (tertiary/aromatic N) is 2. The SMILES string of the molecule is COc1cc(C(=O)N(C)Cc2ccccc2N2CCOCC2)cc(Cl)c1OCC(C)C. The summed E-state index contributed by atoms with van der Waals surface area (Å²) in [6.07, 6.45) is 0. The van der Waals surface area contributed by atoms with E-state index in [1.54, 1.807) is 31.2 Å². The minimum atomic E-state index is -0.132. The van der Waals surface area contributed by atoms with Crippen molar-refractivity contribution in [3.63, 3.8) is 0 Å². The number of methoxy groups -OCH3 is 1. The first-order valence-corrected chi connectivity index (χ1v) is 10.9. The summed E-state index contributed by atoms with van der Waals surface area (Å²) in [5.41, 5.74) is 2.69. The van der Waals surface area contributed by atoms with Gasteiger partial charge in [0.05, 0.1) is 32.0 Å². The third kappa shape index (κ3) is 5.83. The minimum absolute atomic E-state index is 0.132. The average molecular weight is 447 g/mol. The molecule has 3 rings (SSSR count). The number of hydrogen-bond donors (Lipinski definition) is 0. The molecule has 0 bridgehead atoms. The van der Waals surface area contributed by atoms with Gasteiger partial charge in [0.15, 0.2) is 11.5 Å². The van der Waals surface area contributed by atoms with E-state index in [0.29, 0.717) is 54.4 Å². The van der Waals surface area contributed by atoms with Crippen molar-refractivity contribution in [3.8, 4) is 11.5 Å². The van der Waals surface area contributed by atoms with Crippen LogP contribution in [-0.4, -0.2) is 57.9 Å². The largest absolute Gasteiger partial charge is 0.493 e. The van der Waals surface area contributed by atoms with Crippen LogP contribution < -0.4 is 14.4 Å². The molecule has 0 atom stereocenters. The molecule has 1 fully saturated rings. The molecule has 168 valence electrons. The molecule has 0 saturated carbocycles. The Balaban J connectivity index is 1.78. The first kappa shape index (κ1) is 23.2. The van der Waals surface area contributed by atoms with Gasteiger partial charge in [-0.15, -0.1) is 0 Å². The molecule has 0 radical (unpaired) electrons. The van der Waals surface area contributed by atoms with E-state index in [0.717, 1.165) is 24.3 Å². The van der Waals surface area contributed by atoms with E-state index < -0.39 is 0 Å². The number of carbonyl (C=O) groups excluding carboxylic acids is 1. The first-order chi connectivity index (χ1) is 14.9. The van der Waals surface area contributed by atoms with E-state index >= 15 is 0 Å². The monoisotopic (exact) mass is 446 g/mol. The third-order valence-corrected chi connectivity index (χ3v) is 5.42. The van der Waals surface area contributed by atoms with Crippen LogP contribution in [0.1, 0.15) is 29.8 Å². The lowest BCUT2D eigenvalue weighted by Gasteiger charge is -2.31. The molecule has 7 heteroatoms. The number of para-hydroxylation sites is 1. The third-order valence-electron chi connectivity index (χ3n) is 5.13. The highest BCUT2D eigenvalue weighted by molar-refractivity contribution is 6.32. The molecule has 2 aromatic rings. The Morgan fingerprint density at radius 2 is 1.94 bits per heavy atom. The number of benzene rings is 2. The predicted molar refractivity (Wildman–Crippen MR) is 124 cm³/mol. The molecule has 0 aromatic heterocycles. The van der Waals surface area contributed by atoms with Crippen molar-refractivity contribution in [2.75, 3.05) is 52.0 Å². The van der Waals surface area contributed by atoms with Crippen molar-refractivity contribution in [1.82, 2.24) is 4.90 Å². The summed E-state index contributed by atoms with van der Waals surface area (Å²) in [5, 5.41) is 0.366. The second kappa shape index (κ2) is 10.7. The summed E-state index contributed by atoms with van der Waals surface area (Å²) < 4.78 is 16.7. The van der Waals surface area contributed by atoms with Gasteiger partial charge in [-0.25, -0.2) is 0 Å². The zero-order chi connectivity index (χ0) is 22.4. The van der Waals surface area contributed by atoms with Crippen molar-refractivity contribution < 1.29 is 19.0 Å². The number of amides is 1. The van der Waals surface area contributed by atoms with Crippen LogP contribution in [0.5, 0.6) is 11.5 Å². The molecular formula is C24H31ClN2O4. The van der Waals surface area contributed by atoms with Crippen LogP contribution in [0.25, 0.3) is 0 Å². The van der Waals surface area contributed by atoms with E-state index in [-0.39, 0.29) is 5.91 Å². The zero-order valence-corrected chi connectivity index (χ0v) is 19.4. The van der Waals surface area contributed by atoms with Crippen LogP contribution in [0.15, 0.2) is 36.4 Å². The number of halogens is 1. The van der Waals surface area contributed by atoms with Crippen molar-refractivity contribution in [3.05, 3.63) is 52.5 Å². The molecule has 1 heterocycles. The molecular weight excluding hydrogens is 416 g/mol. The van der Waals surface area contributed by atoms with Gasteiger partial charge in [0.1, 0.15) is 0 Å². The standard InChI is InChI=1S/C24H31ClN2O4/c1-17(2)16-31-23-20(25)13-19(14-22(23)29-4)24(28)26(3)15-18-7-5-6-8-21(18)27-9-11-30-12-10-27/h5-8,13-14,17H,9-12,15-16H2,1-4H3. The molecule has 1 saturated heterocycles. The van der Waals surface area contributed by atoms with Crippen LogP contribution in [-0.2, 0) is 11.3 Å². The number of morpholine rings is 1. The number of ether oxygens (including phenoxy) is 3. The molecule has 31 heavy (non-hydrogen) atoms. The number of carbonyl (C=O) groups is 1. The molecule has 2 aromatic carbocycles. The maximum atomic E-state index is 13.2. The highest BCUT2D eigenvalue weighted by Gasteiger charge is 2.21. The topological polar surface area (TPSA) is 51.2 Å². The Bertz CT molecular complexity index is 897. The number of rotatable bonds is 8. The molecule has 0 N–H and O–H groups in total. The molecule has 1 amide bonds. The van der Waals surface area contributed by atoms with Crippen molar-refractivity contribution in [2.45, 2.75) is 20.4 Å². The second-order valence-electron chi connectivity index (χ2n) is 8.08. The van der Waals surface area contributed by atoms with Gasteiger partial charge in [-0.3, -0.25) is 4.79 Å². The van der Waals surface area contributed by atoms with Gasteiger partial charge < -0.3 is 24.0 Å². The van der Waals surface area contributed by atoms with Crippen LogP contribution in [0.2, 0.25) is 5.02 Å². The summed E-state index contributed by atoms with van der Waals surface area (Å²) in [6.45, 7) is 8.24. The van der Waals surface area contributed by atoms with Gasteiger partial charge in [0.25, 0.3) is 5.91 Å². The number of anilines is 1. The maximum Gasteiger partial charge on any atom is 0.254 e. The molecule has 6 nitrogen and oxygen atoms in total. The Kier molecular flexibility index (Phi) is 8.04. The second-order valence-corrected chi connectivity index (χ2v) is 8.49. The molecule has 0 aliphatic carbocycles. The van der Waals surface area contributed by atoms with Gasteiger partial charge in [-0.2, -0.15) is 0 Å². The Hall–Kier alpha value is -2.44. The van der Waals surface area contributed by atoms with E-state index in [1.165, 1.54) is 0 Å². The summed E-state index contributed by atoms with van der Waals surface area (Å²) >= 11 is 6.44. The van der Waals surface area contributed by atoms with E-state index in [2.05, 4.69) is 30.9 Å². The number of hydrogen-bond acceptors (Lipinski definition) is 5. The Morgan fingerprint density at radius 3 is 2.61 bits per heavy atom. The average Bonchev–Trinajstić information content (AvgIpc) is 2.78. The van der Waals surface area contributed by atoms with E-state index in [1.807, 2.05) is 12.1 Å². The van der Waals surface area contributed by atoms with Crippen LogP contribution in [0, 0.1) is 5.92 Å². The first-order valence-electron chi connectivity index (χ1n) is 10.6. The molecule has 0 unspecified atom stereocenters. The fourth-order valence-corrected chi connectivity index (χ4v) is 3.80. The summed E-state index contributed by atoms with van der Waals surface area (Å²) in [5.74, 6) is 1.14. The summed E-state index contributed by atoms with van der Waals surface area (Å²) in [4.78, 5) is 17.2. The summed E-state index contributed by atoms with van der Waals surface area (Å²) in [7, 11) is 3.34. The molecule has 0 spiro atoms. The van der Waals surface area contributed by atoms with Gasteiger partial charge in [-0.1, -0.05) is 43.6 Å². The fourth-order valence-electron chi connectivity index (χ4n) is 3.54. The molecule has 1 aliphatic rings. The van der Waals surface area contributed by atoms with Crippen LogP contribution >= 0.6 is 11.6 Å². The maximum absolute atomic E-state index is 13.2. The molecule has 1 aliphatic heterocycles. The normalized spacial score (nSPS) is 13.9. The van der Waals surface area contributed by atoms with E-state index in [4.69, 9.17) is 25.8 Å². The fraction of sp³-hybridized carbons (Fsp3) is 0.458. The zero-order valence-electron chi connectivity index (χ0n) is 18.7. The van der Waals surface area contributed by atoms with Crippen molar-refractivity contribution >= 4 is 23.2 Å². The van der Waals surface area contributed by atoms with Crippen LogP contribution in [0.3, 0.4) is 0 Å². The smallest absolute Gasteiger partial charge is 0.254 e. The van der Waals surface area contributed by atoms with Gasteiger partial charge in [0, 0.05) is 37.9 Å². The minimum Gasteiger partial charge on any atom is -0.493 e. The van der Waals surface area contributed by atoms with Gasteiger partial charge in [0.2, 0.25) is 0 Å².